The van der Waals surface area contributed by atoms with Crippen LogP contribution in [0.5, 0.6) is 11.5 Å². The minimum Gasteiger partial charge on any atom is -0.487 e. The predicted molar refractivity (Wildman–Crippen MR) is 73.0 cm³/mol. The van der Waals surface area contributed by atoms with Gasteiger partial charge in [-0.15, -0.1) is 13.2 Å². The highest BCUT2D eigenvalue weighted by atomic mass is 19.4. The molecule has 0 saturated heterocycles. The van der Waals surface area contributed by atoms with Crippen molar-refractivity contribution in [2.45, 2.75) is 19.9 Å². The van der Waals surface area contributed by atoms with Crippen molar-refractivity contribution in [2.75, 3.05) is 5.73 Å². The molecule has 0 bridgehead atoms. The standard InChI is InChI=1S/C15H14F3NO2/c1-10-3-2-4-13(14(10)19)20-9-11-5-7-12(8-6-11)21-15(16,17)18/h2-8H,9,19H2,1H3. The molecular formula is C15H14F3NO2. The second-order valence-corrected chi connectivity index (χ2v) is 4.47. The molecule has 0 aliphatic heterocycles. The van der Waals surface area contributed by atoms with E-state index in [1.165, 1.54) is 24.3 Å². The summed E-state index contributed by atoms with van der Waals surface area (Å²) >= 11 is 0. The van der Waals surface area contributed by atoms with E-state index < -0.39 is 6.36 Å². The Kier molecular flexibility index (Phi) is 4.26. The Morgan fingerprint density at radius 3 is 2.33 bits per heavy atom. The molecule has 0 fully saturated rings. The molecular weight excluding hydrogens is 283 g/mol. The zero-order valence-corrected chi connectivity index (χ0v) is 11.3. The molecule has 112 valence electrons. The fourth-order valence-corrected chi connectivity index (χ4v) is 1.73. The maximum atomic E-state index is 12.0. The third kappa shape index (κ3) is 4.30. The number of ether oxygens (including phenoxy) is 2. The SMILES string of the molecule is Cc1cccc(OCc2ccc(OC(F)(F)F)cc2)c1N. The first-order valence-corrected chi connectivity index (χ1v) is 6.18. The molecule has 0 aromatic heterocycles. The van der Waals surface area contributed by atoms with Gasteiger partial charge in [-0.05, 0) is 36.2 Å². The van der Waals surface area contributed by atoms with Crippen molar-refractivity contribution < 1.29 is 22.6 Å². The van der Waals surface area contributed by atoms with Gasteiger partial charge in [0.1, 0.15) is 18.1 Å². The van der Waals surface area contributed by atoms with E-state index in [1.807, 2.05) is 19.1 Å². The van der Waals surface area contributed by atoms with Crippen LogP contribution in [0.4, 0.5) is 18.9 Å². The third-order valence-corrected chi connectivity index (χ3v) is 2.84. The van der Waals surface area contributed by atoms with E-state index in [1.54, 1.807) is 6.07 Å². The van der Waals surface area contributed by atoms with Gasteiger partial charge in [0.25, 0.3) is 0 Å². The summed E-state index contributed by atoms with van der Waals surface area (Å²) < 4.78 is 45.4. The molecule has 0 spiro atoms. The summed E-state index contributed by atoms with van der Waals surface area (Å²) in [6.07, 6.45) is -4.69. The molecule has 2 N–H and O–H groups in total. The van der Waals surface area contributed by atoms with Crippen LogP contribution in [0, 0.1) is 6.92 Å². The highest BCUT2D eigenvalue weighted by Gasteiger charge is 2.30. The van der Waals surface area contributed by atoms with Gasteiger partial charge >= 0.3 is 6.36 Å². The van der Waals surface area contributed by atoms with Gasteiger partial charge in [-0.2, -0.15) is 0 Å². The van der Waals surface area contributed by atoms with Crippen LogP contribution in [-0.2, 0) is 6.61 Å². The van der Waals surface area contributed by atoms with Crippen LogP contribution in [0.3, 0.4) is 0 Å². The lowest BCUT2D eigenvalue weighted by Gasteiger charge is -2.12. The maximum Gasteiger partial charge on any atom is 0.573 e. The van der Waals surface area contributed by atoms with Gasteiger partial charge in [0, 0.05) is 0 Å². The van der Waals surface area contributed by atoms with Gasteiger partial charge in [-0.1, -0.05) is 24.3 Å². The summed E-state index contributed by atoms with van der Waals surface area (Å²) in [5.74, 6) is 0.284. The molecule has 0 saturated carbocycles. The smallest absolute Gasteiger partial charge is 0.487 e. The van der Waals surface area contributed by atoms with Crippen LogP contribution in [-0.4, -0.2) is 6.36 Å². The van der Waals surface area contributed by atoms with Gasteiger partial charge in [0.05, 0.1) is 5.69 Å². The molecule has 6 heteroatoms. The number of anilines is 1. The maximum absolute atomic E-state index is 12.0. The second-order valence-electron chi connectivity index (χ2n) is 4.47. The van der Waals surface area contributed by atoms with E-state index in [0.717, 1.165) is 5.56 Å². The van der Waals surface area contributed by atoms with Crippen molar-refractivity contribution in [3.63, 3.8) is 0 Å². The molecule has 0 amide bonds. The molecule has 0 aliphatic rings. The van der Waals surface area contributed by atoms with Gasteiger partial charge in [0.2, 0.25) is 0 Å². The highest BCUT2D eigenvalue weighted by Crippen LogP contribution is 2.26. The van der Waals surface area contributed by atoms with E-state index in [2.05, 4.69) is 4.74 Å². The summed E-state index contributed by atoms with van der Waals surface area (Å²) in [4.78, 5) is 0. The first-order chi connectivity index (χ1) is 9.85. The summed E-state index contributed by atoms with van der Waals surface area (Å²) in [5, 5.41) is 0. The molecule has 0 heterocycles. The predicted octanol–water partition coefficient (Wildman–Crippen LogP) is 4.05. The number of alkyl halides is 3. The first-order valence-electron chi connectivity index (χ1n) is 6.18. The van der Waals surface area contributed by atoms with Crippen LogP contribution in [0.1, 0.15) is 11.1 Å². The third-order valence-electron chi connectivity index (χ3n) is 2.84. The van der Waals surface area contributed by atoms with Crippen LogP contribution >= 0.6 is 0 Å². The quantitative estimate of drug-likeness (QED) is 0.866. The summed E-state index contributed by atoms with van der Waals surface area (Å²) in [6, 6.07) is 10.9. The van der Waals surface area contributed by atoms with E-state index in [-0.39, 0.29) is 12.4 Å². The topological polar surface area (TPSA) is 44.5 Å². The zero-order chi connectivity index (χ0) is 15.5. The van der Waals surface area contributed by atoms with Crippen molar-refractivity contribution in [1.29, 1.82) is 0 Å². The molecule has 0 unspecified atom stereocenters. The fourth-order valence-electron chi connectivity index (χ4n) is 1.73. The monoisotopic (exact) mass is 297 g/mol. The van der Waals surface area contributed by atoms with Gasteiger partial charge in [-0.3, -0.25) is 0 Å². The molecule has 2 aromatic carbocycles. The average molecular weight is 297 g/mol. The fraction of sp³-hybridized carbons (Fsp3) is 0.200. The van der Waals surface area contributed by atoms with E-state index in [0.29, 0.717) is 17.0 Å². The minimum atomic E-state index is -4.69. The van der Waals surface area contributed by atoms with E-state index >= 15 is 0 Å². The summed E-state index contributed by atoms with van der Waals surface area (Å²) in [7, 11) is 0. The Bertz CT molecular complexity index is 609. The van der Waals surface area contributed by atoms with Crippen molar-refractivity contribution in [3.05, 3.63) is 53.6 Å². The molecule has 0 atom stereocenters. The van der Waals surface area contributed by atoms with Crippen molar-refractivity contribution >= 4 is 5.69 Å². The van der Waals surface area contributed by atoms with Gasteiger partial charge < -0.3 is 15.2 Å². The van der Waals surface area contributed by atoms with Crippen molar-refractivity contribution in [3.8, 4) is 11.5 Å². The zero-order valence-electron chi connectivity index (χ0n) is 11.3. The molecule has 21 heavy (non-hydrogen) atoms. The van der Waals surface area contributed by atoms with Crippen molar-refractivity contribution in [2.24, 2.45) is 0 Å². The Balaban J connectivity index is 1.99. The van der Waals surface area contributed by atoms with Gasteiger partial charge in [-0.25, -0.2) is 0 Å². The number of nitrogen functional groups attached to an aromatic ring is 1. The van der Waals surface area contributed by atoms with Crippen LogP contribution < -0.4 is 15.2 Å². The van der Waals surface area contributed by atoms with Crippen LogP contribution in [0.25, 0.3) is 0 Å². The Morgan fingerprint density at radius 2 is 1.71 bits per heavy atom. The summed E-state index contributed by atoms with van der Waals surface area (Å²) in [5.41, 5.74) is 8.04. The molecule has 2 rings (SSSR count). The normalized spacial score (nSPS) is 11.2. The first kappa shape index (κ1) is 15.0. The lowest BCUT2D eigenvalue weighted by atomic mass is 10.2. The average Bonchev–Trinajstić information content (AvgIpc) is 2.40. The molecule has 2 aromatic rings. The van der Waals surface area contributed by atoms with Crippen LogP contribution in [0.15, 0.2) is 42.5 Å². The summed E-state index contributed by atoms with van der Waals surface area (Å²) in [6.45, 7) is 2.07. The number of aryl methyl sites for hydroxylation is 1. The number of para-hydroxylation sites is 1. The number of hydrogen-bond acceptors (Lipinski definition) is 3. The molecule has 0 aliphatic carbocycles. The lowest BCUT2D eigenvalue weighted by Crippen LogP contribution is -2.17. The molecule has 3 nitrogen and oxygen atoms in total. The number of hydrogen-bond donors (Lipinski definition) is 1. The number of rotatable bonds is 4. The Morgan fingerprint density at radius 1 is 1.05 bits per heavy atom. The number of halogens is 3. The lowest BCUT2D eigenvalue weighted by molar-refractivity contribution is -0.274. The second kappa shape index (κ2) is 5.95. The minimum absolute atomic E-state index is 0.208. The largest absolute Gasteiger partial charge is 0.573 e. The van der Waals surface area contributed by atoms with Crippen molar-refractivity contribution in [1.82, 2.24) is 0 Å². The number of nitrogens with two attached hydrogens (primary N) is 1. The van der Waals surface area contributed by atoms with Crippen LogP contribution in [0.2, 0.25) is 0 Å². The molecule has 0 radical (unpaired) electrons. The Labute approximate surface area is 120 Å². The van der Waals surface area contributed by atoms with Gasteiger partial charge in [0.15, 0.2) is 0 Å². The highest BCUT2D eigenvalue weighted by molar-refractivity contribution is 5.57. The number of benzene rings is 2. The Hall–Kier alpha value is -2.37. The van der Waals surface area contributed by atoms with E-state index in [9.17, 15) is 13.2 Å². The van der Waals surface area contributed by atoms with E-state index in [4.69, 9.17) is 10.5 Å².